The van der Waals surface area contributed by atoms with Gasteiger partial charge in [-0.15, -0.1) is 23.4 Å². The summed E-state index contributed by atoms with van der Waals surface area (Å²) in [5.74, 6) is 0.705. The van der Waals surface area contributed by atoms with Crippen LogP contribution < -0.4 is 5.32 Å². The highest BCUT2D eigenvalue weighted by Crippen LogP contribution is 2.67. The van der Waals surface area contributed by atoms with Gasteiger partial charge >= 0.3 is 12.4 Å². The summed E-state index contributed by atoms with van der Waals surface area (Å²) in [7, 11) is 0. The van der Waals surface area contributed by atoms with Gasteiger partial charge in [0.1, 0.15) is 0 Å². The van der Waals surface area contributed by atoms with Crippen molar-refractivity contribution in [1.29, 1.82) is 0 Å². The molecule has 33 heavy (non-hydrogen) atoms. The highest BCUT2D eigenvalue weighted by molar-refractivity contribution is 6.30. The third-order valence-corrected chi connectivity index (χ3v) is 7.74. The maximum Gasteiger partial charge on any atom is 0.522 e. The lowest BCUT2D eigenvalue weighted by Gasteiger charge is -2.68. The van der Waals surface area contributed by atoms with Crippen LogP contribution >= 0.6 is 11.6 Å². The molecule has 0 saturated heterocycles. The van der Waals surface area contributed by atoms with Crippen molar-refractivity contribution < 1.29 is 27.1 Å². The zero-order chi connectivity index (χ0) is 23.0. The number of nitrogens with one attached hydrogen (secondary N) is 1. The van der Waals surface area contributed by atoms with Crippen molar-refractivity contribution in [1.82, 2.24) is 20.4 Å². The van der Waals surface area contributed by atoms with E-state index in [1.807, 2.05) is 23.1 Å². The minimum atomic E-state index is -4.62. The van der Waals surface area contributed by atoms with Gasteiger partial charge in [-0.3, -0.25) is 4.74 Å². The number of halogens is 4. The van der Waals surface area contributed by atoms with Crippen molar-refractivity contribution in [2.75, 3.05) is 6.54 Å². The minimum absolute atomic E-state index is 0.0692. The number of alkyl halides is 3. The average Bonchev–Trinajstić information content (AvgIpc) is 3.13. The summed E-state index contributed by atoms with van der Waals surface area (Å²) in [6.07, 6.45) is -2.05. The highest BCUT2D eigenvalue weighted by Gasteiger charge is 2.72. The predicted molar refractivity (Wildman–Crippen MR) is 110 cm³/mol. The van der Waals surface area contributed by atoms with Gasteiger partial charge in [-0.05, 0) is 61.8 Å². The van der Waals surface area contributed by atoms with Crippen LogP contribution in [0.5, 0.6) is 0 Å². The van der Waals surface area contributed by atoms with Crippen molar-refractivity contribution in [2.24, 2.45) is 0 Å². The number of fused-ring (bicyclic) bond motifs is 1. The predicted octanol–water partition coefficient (Wildman–Crippen LogP) is 4.45. The van der Waals surface area contributed by atoms with E-state index in [2.05, 4.69) is 20.3 Å². The molecule has 7 rings (SSSR count). The lowest BCUT2D eigenvalue weighted by atomic mass is 9.39. The number of rotatable bonds is 4. The van der Waals surface area contributed by atoms with Gasteiger partial charge in [0.05, 0.1) is 11.5 Å². The summed E-state index contributed by atoms with van der Waals surface area (Å²) in [5, 5.41) is 12.1. The van der Waals surface area contributed by atoms with Crippen LogP contribution in [0.2, 0.25) is 5.02 Å². The molecule has 5 aliphatic rings. The molecule has 4 aliphatic carbocycles. The molecule has 0 atom stereocenters. The Morgan fingerprint density at radius 1 is 1.21 bits per heavy atom. The fraction of sp³-hybridized carbons (Fsp3) is 0.591. The number of aromatic nitrogens is 2. The molecule has 1 N–H and O–H groups in total. The number of hydrogen-bond donors (Lipinski definition) is 1. The Balaban J connectivity index is 1.02. The number of carbonyl (C=O) groups excluding carboxylic acids is 1. The first-order valence-electron chi connectivity index (χ1n) is 11.0. The fourth-order valence-corrected chi connectivity index (χ4v) is 6.01. The molecule has 0 spiro atoms. The molecule has 1 aromatic heterocycles. The number of urea groups is 1. The van der Waals surface area contributed by atoms with E-state index in [4.69, 9.17) is 16.0 Å². The van der Waals surface area contributed by atoms with E-state index >= 15 is 0 Å². The van der Waals surface area contributed by atoms with Crippen molar-refractivity contribution in [3.63, 3.8) is 0 Å². The van der Waals surface area contributed by atoms with E-state index < -0.39 is 12.5 Å². The second-order valence-corrected chi connectivity index (χ2v) is 10.3. The van der Waals surface area contributed by atoms with Crippen molar-refractivity contribution in [2.45, 2.75) is 74.4 Å². The van der Waals surface area contributed by atoms with Crippen LogP contribution in [-0.2, 0) is 23.1 Å². The Hall–Kier alpha value is -2.33. The topological polar surface area (TPSA) is 80.5 Å². The van der Waals surface area contributed by atoms with Crippen molar-refractivity contribution >= 4 is 17.6 Å². The standard InChI is InChI=1S/C22H22ClF3N4O3/c23-15-2-1-13-8-30(4-3-12(13)5-15)19(31)27-21-9-20(10-21,11-21)18-29-28-17(32-18)14-6-16(7-14)33-22(24,25)26/h1-2,5,14,16H,3-4,6-11H2,(H,27,31). The quantitative estimate of drug-likeness (QED) is 0.696. The zero-order valence-corrected chi connectivity index (χ0v) is 18.4. The Morgan fingerprint density at radius 2 is 1.97 bits per heavy atom. The van der Waals surface area contributed by atoms with Crippen LogP contribution in [0.3, 0.4) is 0 Å². The molecule has 2 amide bonds. The van der Waals surface area contributed by atoms with Gasteiger partial charge in [0.25, 0.3) is 0 Å². The molecule has 1 aromatic carbocycles. The van der Waals surface area contributed by atoms with Gasteiger partial charge < -0.3 is 14.6 Å². The first-order valence-corrected chi connectivity index (χ1v) is 11.4. The number of amides is 2. The number of benzene rings is 1. The lowest BCUT2D eigenvalue weighted by molar-refractivity contribution is -0.352. The van der Waals surface area contributed by atoms with Gasteiger partial charge in [0.2, 0.25) is 11.8 Å². The van der Waals surface area contributed by atoms with Crippen molar-refractivity contribution in [3.8, 4) is 0 Å². The third-order valence-electron chi connectivity index (χ3n) is 7.51. The average molecular weight is 483 g/mol. The Kier molecular flexibility index (Phi) is 4.56. The monoisotopic (exact) mass is 482 g/mol. The van der Waals surface area contributed by atoms with Crippen LogP contribution in [0.15, 0.2) is 22.6 Å². The molecule has 0 unspecified atom stereocenters. The SMILES string of the molecule is O=C(NC12CC(c3nnc(C4CC(OC(F)(F)F)C4)o3)(C1)C2)N1CCc2cc(Cl)ccc2C1. The second kappa shape index (κ2) is 7.09. The van der Waals surface area contributed by atoms with E-state index in [-0.39, 0.29) is 35.7 Å². The Morgan fingerprint density at radius 3 is 2.70 bits per heavy atom. The molecule has 176 valence electrons. The highest BCUT2D eigenvalue weighted by atomic mass is 35.5. The van der Waals surface area contributed by atoms with Gasteiger partial charge in [0.15, 0.2) is 0 Å². The molecular formula is C22H22ClF3N4O3. The summed E-state index contributed by atoms with van der Waals surface area (Å²) in [5.41, 5.74) is 1.84. The summed E-state index contributed by atoms with van der Waals surface area (Å²) < 4.78 is 46.7. The molecule has 11 heteroatoms. The Labute approximate surface area is 192 Å². The van der Waals surface area contributed by atoms with Gasteiger partial charge in [-0.2, -0.15) is 0 Å². The molecule has 2 heterocycles. The van der Waals surface area contributed by atoms with Crippen molar-refractivity contribution in [3.05, 3.63) is 46.1 Å². The summed E-state index contributed by atoms with van der Waals surface area (Å²) in [6, 6.07) is 5.71. The lowest BCUT2D eigenvalue weighted by Crippen LogP contribution is -2.77. The Bertz CT molecular complexity index is 1090. The van der Waals surface area contributed by atoms with E-state index in [9.17, 15) is 18.0 Å². The van der Waals surface area contributed by atoms with E-state index in [1.165, 1.54) is 5.56 Å². The van der Waals surface area contributed by atoms with E-state index in [0.29, 0.717) is 29.9 Å². The first-order chi connectivity index (χ1) is 15.6. The number of nitrogens with zero attached hydrogens (tertiary/aromatic N) is 3. The largest absolute Gasteiger partial charge is 0.522 e. The molecule has 1 aliphatic heterocycles. The number of hydrogen-bond acceptors (Lipinski definition) is 5. The maximum atomic E-state index is 12.9. The number of ether oxygens (including phenoxy) is 1. The van der Waals surface area contributed by atoms with Gasteiger partial charge in [-0.1, -0.05) is 17.7 Å². The minimum Gasteiger partial charge on any atom is -0.424 e. The molecular weight excluding hydrogens is 461 g/mol. The van der Waals surface area contributed by atoms with Crippen LogP contribution in [0, 0.1) is 0 Å². The molecule has 2 bridgehead atoms. The first kappa shape index (κ1) is 21.2. The molecule has 7 nitrogen and oxygen atoms in total. The molecule has 4 fully saturated rings. The fourth-order valence-electron chi connectivity index (χ4n) is 5.81. The van der Waals surface area contributed by atoms with E-state index in [0.717, 1.165) is 31.2 Å². The smallest absolute Gasteiger partial charge is 0.424 e. The molecule has 2 aromatic rings. The normalized spacial score (nSPS) is 32.3. The summed E-state index contributed by atoms with van der Waals surface area (Å²) in [6.45, 7) is 1.21. The zero-order valence-electron chi connectivity index (χ0n) is 17.6. The van der Waals surface area contributed by atoms with Crippen LogP contribution in [0.4, 0.5) is 18.0 Å². The van der Waals surface area contributed by atoms with Crippen LogP contribution in [0.1, 0.15) is 60.9 Å². The van der Waals surface area contributed by atoms with Crippen LogP contribution in [-0.4, -0.2) is 45.7 Å². The number of carbonyl (C=O) groups is 1. The maximum absolute atomic E-state index is 12.9. The molecule has 4 saturated carbocycles. The van der Waals surface area contributed by atoms with Gasteiger partial charge in [0, 0.05) is 29.6 Å². The van der Waals surface area contributed by atoms with E-state index in [1.54, 1.807) is 0 Å². The van der Waals surface area contributed by atoms with Gasteiger partial charge in [-0.25, -0.2) is 4.79 Å². The molecule has 0 radical (unpaired) electrons. The summed E-state index contributed by atoms with van der Waals surface area (Å²) in [4.78, 5) is 14.7. The third kappa shape index (κ3) is 3.67. The summed E-state index contributed by atoms with van der Waals surface area (Å²) >= 11 is 6.06. The second-order valence-electron chi connectivity index (χ2n) is 9.91. The van der Waals surface area contributed by atoms with Crippen LogP contribution in [0.25, 0.3) is 0 Å².